The molecule has 0 radical (unpaired) electrons. The van der Waals surface area contributed by atoms with Crippen LogP contribution >= 0.6 is 0 Å². The molecular weight excluding hydrogens is 258 g/mol. The summed E-state index contributed by atoms with van der Waals surface area (Å²) in [6, 6.07) is 11.6. The SMILES string of the molecule is c1ccc(CN2CCC(NCC3CCNCC3)CC2)cc1. The van der Waals surface area contributed by atoms with Gasteiger partial charge >= 0.3 is 0 Å². The predicted molar refractivity (Wildman–Crippen MR) is 88.3 cm³/mol. The molecule has 0 aromatic heterocycles. The summed E-state index contributed by atoms with van der Waals surface area (Å²) in [5.74, 6) is 0.897. The molecule has 2 heterocycles. The molecule has 0 amide bonds. The van der Waals surface area contributed by atoms with Gasteiger partial charge in [0.15, 0.2) is 0 Å². The first-order valence-corrected chi connectivity index (χ1v) is 8.60. The van der Waals surface area contributed by atoms with E-state index in [9.17, 15) is 0 Å². The molecule has 21 heavy (non-hydrogen) atoms. The molecule has 0 aliphatic carbocycles. The van der Waals surface area contributed by atoms with Gasteiger partial charge in [-0.3, -0.25) is 4.90 Å². The van der Waals surface area contributed by atoms with Crippen molar-refractivity contribution < 1.29 is 0 Å². The number of hydrogen-bond donors (Lipinski definition) is 2. The second kappa shape index (κ2) is 7.92. The standard InChI is InChI=1S/C18H29N3/c1-2-4-17(5-3-1)15-21-12-8-18(9-13-21)20-14-16-6-10-19-11-7-16/h1-5,16,18-20H,6-15H2. The van der Waals surface area contributed by atoms with Crippen LogP contribution < -0.4 is 10.6 Å². The summed E-state index contributed by atoms with van der Waals surface area (Å²) < 4.78 is 0. The zero-order valence-electron chi connectivity index (χ0n) is 13.1. The van der Waals surface area contributed by atoms with E-state index in [0.717, 1.165) is 18.5 Å². The minimum Gasteiger partial charge on any atom is -0.317 e. The van der Waals surface area contributed by atoms with Gasteiger partial charge in [-0.1, -0.05) is 30.3 Å². The van der Waals surface area contributed by atoms with Gasteiger partial charge in [-0.15, -0.1) is 0 Å². The van der Waals surface area contributed by atoms with Crippen molar-refractivity contribution >= 4 is 0 Å². The Morgan fingerprint density at radius 3 is 2.43 bits per heavy atom. The summed E-state index contributed by atoms with van der Waals surface area (Å²) in [6.07, 6.45) is 5.30. The summed E-state index contributed by atoms with van der Waals surface area (Å²) in [7, 11) is 0. The summed E-state index contributed by atoms with van der Waals surface area (Å²) in [5, 5.41) is 7.27. The molecule has 2 saturated heterocycles. The van der Waals surface area contributed by atoms with E-state index in [-0.39, 0.29) is 0 Å². The van der Waals surface area contributed by atoms with Gasteiger partial charge in [-0.25, -0.2) is 0 Å². The molecule has 0 atom stereocenters. The minimum atomic E-state index is 0.743. The third-order valence-corrected chi connectivity index (χ3v) is 4.99. The summed E-state index contributed by atoms with van der Waals surface area (Å²) >= 11 is 0. The Kier molecular flexibility index (Phi) is 5.67. The molecule has 2 N–H and O–H groups in total. The molecule has 1 aromatic carbocycles. The maximum absolute atomic E-state index is 3.82. The van der Waals surface area contributed by atoms with E-state index >= 15 is 0 Å². The number of nitrogens with one attached hydrogen (secondary N) is 2. The average Bonchev–Trinajstić information content (AvgIpc) is 2.56. The lowest BCUT2D eigenvalue weighted by atomic mass is 9.96. The third kappa shape index (κ3) is 4.80. The largest absolute Gasteiger partial charge is 0.317 e. The molecule has 2 aliphatic rings. The van der Waals surface area contributed by atoms with Crippen LogP contribution in [0.2, 0.25) is 0 Å². The van der Waals surface area contributed by atoms with Crippen LogP contribution in [0.5, 0.6) is 0 Å². The first-order valence-electron chi connectivity index (χ1n) is 8.60. The molecule has 3 heteroatoms. The van der Waals surface area contributed by atoms with Crippen molar-refractivity contribution in [1.29, 1.82) is 0 Å². The van der Waals surface area contributed by atoms with Crippen molar-refractivity contribution in [2.24, 2.45) is 5.92 Å². The number of piperidine rings is 2. The Bertz CT molecular complexity index is 392. The Morgan fingerprint density at radius 2 is 1.71 bits per heavy atom. The zero-order valence-corrected chi connectivity index (χ0v) is 13.1. The van der Waals surface area contributed by atoms with E-state index in [2.05, 4.69) is 45.9 Å². The van der Waals surface area contributed by atoms with Crippen molar-refractivity contribution in [3.8, 4) is 0 Å². The third-order valence-electron chi connectivity index (χ3n) is 4.99. The maximum atomic E-state index is 3.82. The minimum absolute atomic E-state index is 0.743. The summed E-state index contributed by atoms with van der Waals surface area (Å²) in [5.41, 5.74) is 1.44. The van der Waals surface area contributed by atoms with Gasteiger partial charge in [0.25, 0.3) is 0 Å². The van der Waals surface area contributed by atoms with Crippen LogP contribution in [0, 0.1) is 5.92 Å². The molecule has 3 nitrogen and oxygen atoms in total. The maximum Gasteiger partial charge on any atom is 0.0233 e. The van der Waals surface area contributed by atoms with Gasteiger partial charge < -0.3 is 10.6 Å². The molecule has 0 bridgehead atoms. The quantitative estimate of drug-likeness (QED) is 0.870. The van der Waals surface area contributed by atoms with Gasteiger partial charge in [0, 0.05) is 12.6 Å². The average molecular weight is 287 g/mol. The van der Waals surface area contributed by atoms with Crippen molar-refractivity contribution in [2.45, 2.75) is 38.3 Å². The lowest BCUT2D eigenvalue weighted by molar-refractivity contribution is 0.185. The van der Waals surface area contributed by atoms with Crippen LogP contribution in [0.4, 0.5) is 0 Å². The van der Waals surface area contributed by atoms with Crippen LogP contribution in [0.25, 0.3) is 0 Å². The lowest BCUT2D eigenvalue weighted by Gasteiger charge is -2.33. The second-order valence-electron chi connectivity index (χ2n) is 6.64. The van der Waals surface area contributed by atoms with E-state index in [1.165, 1.54) is 64.0 Å². The number of hydrogen-bond acceptors (Lipinski definition) is 3. The highest BCUT2D eigenvalue weighted by atomic mass is 15.1. The van der Waals surface area contributed by atoms with Gasteiger partial charge in [-0.2, -0.15) is 0 Å². The molecule has 0 unspecified atom stereocenters. The number of likely N-dealkylation sites (tertiary alicyclic amines) is 1. The van der Waals surface area contributed by atoms with E-state index in [4.69, 9.17) is 0 Å². The van der Waals surface area contributed by atoms with E-state index in [0.29, 0.717) is 0 Å². The Labute approximate surface area is 129 Å². The number of benzene rings is 1. The highest BCUT2D eigenvalue weighted by molar-refractivity contribution is 5.14. The van der Waals surface area contributed by atoms with Gasteiger partial charge in [-0.05, 0) is 69.9 Å². The van der Waals surface area contributed by atoms with Crippen molar-refractivity contribution in [3.05, 3.63) is 35.9 Å². The molecular formula is C18H29N3. The Morgan fingerprint density at radius 1 is 1.00 bits per heavy atom. The summed E-state index contributed by atoms with van der Waals surface area (Å²) in [4.78, 5) is 2.60. The molecule has 116 valence electrons. The fraction of sp³-hybridized carbons (Fsp3) is 0.667. The van der Waals surface area contributed by atoms with Gasteiger partial charge in [0.1, 0.15) is 0 Å². The molecule has 1 aromatic rings. The smallest absolute Gasteiger partial charge is 0.0233 e. The van der Waals surface area contributed by atoms with Crippen LogP contribution in [0.15, 0.2) is 30.3 Å². The fourth-order valence-corrected chi connectivity index (χ4v) is 3.56. The van der Waals surface area contributed by atoms with Crippen LogP contribution in [-0.2, 0) is 6.54 Å². The molecule has 2 fully saturated rings. The van der Waals surface area contributed by atoms with E-state index in [1.54, 1.807) is 0 Å². The predicted octanol–water partition coefficient (Wildman–Crippen LogP) is 2.24. The number of rotatable bonds is 5. The van der Waals surface area contributed by atoms with Crippen molar-refractivity contribution in [1.82, 2.24) is 15.5 Å². The Hall–Kier alpha value is -0.900. The highest BCUT2D eigenvalue weighted by Gasteiger charge is 2.20. The molecule has 0 saturated carbocycles. The lowest BCUT2D eigenvalue weighted by Crippen LogP contribution is -2.44. The molecule has 0 spiro atoms. The summed E-state index contributed by atoms with van der Waals surface area (Å²) in [6.45, 7) is 7.23. The monoisotopic (exact) mass is 287 g/mol. The van der Waals surface area contributed by atoms with Crippen LogP contribution in [0.3, 0.4) is 0 Å². The highest BCUT2D eigenvalue weighted by Crippen LogP contribution is 2.15. The Balaban J connectivity index is 1.35. The van der Waals surface area contributed by atoms with E-state index < -0.39 is 0 Å². The van der Waals surface area contributed by atoms with Crippen molar-refractivity contribution in [2.75, 3.05) is 32.7 Å². The van der Waals surface area contributed by atoms with Gasteiger partial charge in [0.05, 0.1) is 0 Å². The number of nitrogens with zero attached hydrogens (tertiary/aromatic N) is 1. The zero-order chi connectivity index (χ0) is 14.3. The normalized spacial score (nSPS) is 22.5. The first kappa shape index (κ1) is 15.0. The van der Waals surface area contributed by atoms with Gasteiger partial charge in [0.2, 0.25) is 0 Å². The second-order valence-corrected chi connectivity index (χ2v) is 6.64. The molecule has 2 aliphatic heterocycles. The topological polar surface area (TPSA) is 27.3 Å². The van der Waals surface area contributed by atoms with Crippen molar-refractivity contribution in [3.63, 3.8) is 0 Å². The van der Waals surface area contributed by atoms with Crippen LogP contribution in [-0.4, -0.2) is 43.7 Å². The van der Waals surface area contributed by atoms with E-state index in [1.807, 2.05) is 0 Å². The fourth-order valence-electron chi connectivity index (χ4n) is 3.56. The molecule has 3 rings (SSSR count). The first-order chi connectivity index (χ1) is 10.4. The van der Waals surface area contributed by atoms with Crippen LogP contribution in [0.1, 0.15) is 31.2 Å².